The molecule has 3 aromatic rings. The van der Waals surface area contributed by atoms with Crippen molar-refractivity contribution in [3.8, 4) is 11.5 Å². The third-order valence-electron chi connectivity index (χ3n) is 6.94. The Bertz CT molecular complexity index is 1370. The largest absolute Gasteiger partial charge is 0.497 e. The van der Waals surface area contributed by atoms with Gasteiger partial charge in [-0.05, 0) is 42.0 Å². The van der Waals surface area contributed by atoms with Gasteiger partial charge in [-0.25, -0.2) is 17.9 Å². The zero-order valence-electron chi connectivity index (χ0n) is 24.3. The fourth-order valence-corrected chi connectivity index (χ4v) is 5.90. The maximum Gasteiger partial charge on any atom is 0.407 e. The Hall–Kier alpha value is -3.89. The summed E-state index contributed by atoms with van der Waals surface area (Å²) < 4.78 is 45.6. The van der Waals surface area contributed by atoms with Gasteiger partial charge in [0.2, 0.25) is 10.0 Å². The molecule has 9 nitrogen and oxygen atoms in total. The first-order valence-corrected chi connectivity index (χ1v) is 15.6. The smallest absolute Gasteiger partial charge is 0.407 e. The summed E-state index contributed by atoms with van der Waals surface area (Å²) in [5.41, 5.74) is 1.79. The lowest BCUT2D eigenvalue weighted by atomic mass is 10.0. The number of Topliss-reactive ketones (excluding diaryl/α,β-unsaturated/α-hetero) is 1. The van der Waals surface area contributed by atoms with Crippen LogP contribution in [0, 0.1) is 5.92 Å². The molecule has 0 saturated carbocycles. The molecule has 0 aliphatic rings. The lowest BCUT2D eigenvalue weighted by molar-refractivity contribution is -0.122. The summed E-state index contributed by atoms with van der Waals surface area (Å²) >= 11 is 0. The van der Waals surface area contributed by atoms with Crippen LogP contribution < -0.4 is 19.5 Å². The van der Waals surface area contributed by atoms with E-state index in [1.54, 1.807) is 24.3 Å². The average molecular weight is 597 g/mol. The van der Waals surface area contributed by atoms with E-state index in [1.165, 1.54) is 7.11 Å². The van der Waals surface area contributed by atoms with Crippen LogP contribution in [0.5, 0.6) is 11.5 Å². The Morgan fingerprint density at radius 2 is 1.52 bits per heavy atom. The van der Waals surface area contributed by atoms with E-state index in [-0.39, 0.29) is 25.6 Å². The Morgan fingerprint density at radius 3 is 2.17 bits per heavy atom. The standard InChI is InChI=1S/C32H40N2O7S/c1-4-24(2)30(33-32(36)41-21-26-14-9-6-10-15-26)23-42(37,38)34-29(19-18-25-12-7-5-8-13-25)31(35)22-40-28-17-11-16-27(20-28)39-3/h5-17,20,24,29-30,34H,4,18-19,21-23H2,1-3H3,(H,33,36)/t24-,29+,30-/m1/s1. The SMILES string of the molecule is CC[C@@H](C)[C@@H](CS(=O)(=O)N[C@@H](CCc1ccccc1)C(=O)COc1cccc(OC)c1)NC(=O)OCc1ccccc1. The zero-order chi connectivity index (χ0) is 30.4. The predicted molar refractivity (Wildman–Crippen MR) is 162 cm³/mol. The molecule has 3 atom stereocenters. The molecule has 0 fully saturated rings. The highest BCUT2D eigenvalue weighted by molar-refractivity contribution is 7.89. The fourth-order valence-electron chi connectivity index (χ4n) is 4.24. The summed E-state index contributed by atoms with van der Waals surface area (Å²) in [6, 6.07) is 23.8. The van der Waals surface area contributed by atoms with Crippen LogP contribution in [0.15, 0.2) is 84.9 Å². The summed E-state index contributed by atoms with van der Waals surface area (Å²) in [6.07, 6.45) is 0.647. The number of benzene rings is 3. The van der Waals surface area contributed by atoms with Crippen molar-refractivity contribution in [2.75, 3.05) is 19.5 Å². The summed E-state index contributed by atoms with van der Waals surface area (Å²) in [4.78, 5) is 25.8. The molecule has 1 amide bonds. The van der Waals surface area contributed by atoms with Crippen LogP contribution in [-0.2, 0) is 32.6 Å². The van der Waals surface area contributed by atoms with Crippen LogP contribution in [-0.4, -0.2) is 51.8 Å². The van der Waals surface area contributed by atoms with Crippen molar-refractivity contribution in [3.63, 3.8) is 0 Å². The Morgan fingerprint density at radius 1 is 0.881 bits per heavy atom. The molecule has 226 valence electrons. The molecule has 0 aliphatic heterocycles. The van der Waals surface area contributed by atoms with Gasteiger partial charge in [-0.1, -0.05) is 87.0 Å². The van der Waals surface area contributed by atoms with Crippen LogP contribution >= 0.6 is 0 Å². The monoisotopic (exact) mass is 596 g/mol. The normalized spacial score (nSPS) is 13.4. The average Bonchev–Trinajstić information content (AvgIpc) is 3.01. The van der Waals surface area contributed by atoms with Gasteiger partial charge in [0.15, 0.2) is 5.78 Å². The molecular formula is C32H40N2O7S. The lowest BCUT2D eigenvalue weighted by Crippen LogP contribution is -2.50. The molecule has 0 bridgehead atoms. The Kier molecular flexibility index (Phi) is 12.8. The molecule has 0 radical (unpaired) electrons. The van der Waals surface area contributed by atoms with E-state index in [2.05, 4.69) is 10.0 Å². The summed E-state index contributed by atoms with van der Waals surface area (Å²) in [7, 11) is -2.48. The van der Waals surface area contributed by atoms with Gasteiger partial charge in [-0.3, -0.25) is 4.79 Å². The number of methoxy groups -OCH3 is 1. The van der Waals surface area contributed by atoms with Crippen molar-refractivity contribution in [1.29, 1.82) is 0 Å². The molecule has 2 N–H and O–H groups in total. The third kappa shape index (κ3) is 11.2. The maximum atomic E-state index is 13.4. The second-order valence-electron chi connectivity index (χ2n) is 10.1. The maximum absolute atomic E-state index is 13.4. The predicted octanol–water partition coefficient (Wildman–Crippen LogP) is 4.91. The molecule has 0 unspecified atom stereocenters. The lowest BCUT2D eigenvalue weighted by Gasteiger charge is -2.25. The van der Waals surface area contributed by atoms with Gasteiger partial charge in [-0.2, -0.15) is 0 Å². The second-order valence-corrected chi connectivity index (χ2v) is 11.9. The first-order valence-electron chi connectivity index (χ1n) is 14.0. The molecule has 3 rings (SSSR count). The van der Waals surface area contributed by atoms with E-state index in [1.807, 2.05) is 74.5 Å². The molecule has 42 heavy (non-hydrogen) atoms. The molecule has 0 saturated heterocycles. The minimum absolute atomic E-state index is 0.0637. The first kappa shape index (κ1) is 32.6. The van der Waals surface area contributed by atoms with E-state index in [4.69, 9.17) is 14.2 Å². The quantitative estimate of drug-likeness (QED) is 0.227. The van der Waals surface area contributed by atoms with Gasteiger partial charge in [0.05, 0.1) is 18.9 Å². The van der Waals surface area contributed by atoms with Gasteiger partial charge in [0.25, 0.3) is 0 Å². The number of hydrogen-bond acceptors (Lipinski definition) is 7. The van der Waals surface area contributed by atoms with Crippen LogP contribution in [0.4, 0.5) is 4.79 Å². The van der Waals surface area contributed by atoms with Crippen molar-refractivity contribution < 1.29 is 32.2 Å². The van der Waals surface area contributed by atoms with Gasteiger partial charge < -0.3 is 19.5 Å². The molecule has 3 aromatic carbocycles. The molecular weight excluding hydrogens is 556 g/mol. The highest BCUT2D eigenvalue weighted by Crippen LogP contribution is 2.19. The number of carbonyl (C=O) groups is 2. The van der Waals surface area contributed by atoms with Gasteiger partial charge in [-0.15, -0.1) is 0 Å². The summed E-state index contributed by atoms with van der Waals surface area (Å²) in [5.74, 6) is 0.0248. The molecule has 0 aromatic heterocycles. The third-order valence-corrected chi connectivity index (χ3v) is 8.38. The van der Waals surface area contributed by atoms with Gasteiger partial charge in [0, 0.05) is 12.1 Å². The number of rotatable bonds is 17. The zero-order valence-corrected chi connectivity index (χ0v) is 25.1. The van der Waals surface area contributed by atoms with E-state index in [9.17, 15) is 18.0 Å². The summed E-state index contributed by atoms with van der Waals surface area (Å²) in [6.45, 7) is 3.51. The number of ether oxygens (including phenoxy) is 3. The number of sulfonamides is 1. The van der Waals surface area contributed by atoms with Gasteiger partial charge in [0.1, 0.15) is 24.7 Å². The van der Waals surface area contributed by atoms with Crippen molar-refractivity contribution in [2.45, 2.75) is 51.8 Å². The van der Waals surface area contributed by atoms with Gasteiger partial charge >= 0.3 is 6.09 Å². The van der Waals surface area contributed by atoms with Crippen molar-refractivity contribution in [3.05, 3.63) is 96.1 Å². The van der Waals surface area contributed by atoms with Crippen molar-refractivity contribution in [2.24, 2.45) is 5.92 Å². The van der Waals surface area contributed by atoms with E-state index in [0.717, 1.165) is 11.1 Å². The number of ketones is 1. The second kappa shape index (κ2) is 16.5. The van der Waals surface area contributed by atoms with Crippen LogP contribution in [0.1, 0.15) is 37.8 Å². The minimum Gasteiger partial charge on any atom is -0.497 e. The number of nitrogens with one attached hydrogen (secondary N) is 2. The van der Waals surface area contributed by atoms with Crippen LogP contribution in [0.3, 0.4) is 0 Å². The minimum atomic E-state index is -4.01. The highest BCUT2D eigenvalue weighted by Gasteiger charge is 2.30. The fraction of sp³-hybridized carbons (Fsp3) is 0.375. The van der Waals surface area contributed by atoms with Crippen LogP contribution in [0.2, 0.25) is 0 Å². The number of carbonyl (C=O) groups excluding carboxylic acids is 2. The molecule has 0 aliphatic carbocycles. The van der Waals surface area contributed by atoms with E-state index in [0.29, 0.717) is 24.3 Å². The topological polar surface area (TPSA) is 120 Å². The highest BCUT2D eigenvalue weighted by atomic mass is 32.2. The molecule has 10 heteroatoms. The van der Waals surface area contributed by atoms with Crippen molar-refractivity contribution in [1.82, 2.24) is 10.0 Å². The first-order chi connectivity index (χ1) is 20.2. The van der Waals surface area contributed by atoms with Crippen LogP contribution in [0.25, 0.3) is 0 Å². The van der Waals surface area contributed by atoms with Crippen molar-refractivity contribution >= 4 is 21.9 Å². The number of hydrogen-bond donors (Lipinski definition) is 2. The number of amides is 1. The Balaban J connectivity index is 1.68. The number of aryl methyl sites for hydroxylation is 1. The van der Waals surface area contributed by atoms with E-state index < -0.39 is 39.7 Å². The molecule has 0 spiro atoms. The Labute approximate surface area is 248 Å². The summed E-state index contributed by atoms with van der Waals surface area (Å²) in [5, 5.41) is 2.71. The van der Waals surface area contributed by atoms with E-state index >= 15 is 0 Å². The number of alkyl carbamates (subject to hydrolysis) is 1. The molecule has 0 heterocycles.